The summed E-state index contributed by atoms with van der Waals surface area (Å²) in [4.78, 5) is 14.1. The van der Waals surface area contributed by atoms with Gasteiger partial charge in [0.05, 0.1) is 9.82 Å². The number of nitro groups is 1. The first-order chi connectivity index (χ1) is 11.9. The summed E-state index contributed by atoms with van der Waals surface area (Å²) in [5.74, 6) is 6.01. The zero-order chi connectivity index (χ0) is 18.0. The molecule has 130 valence electrons. The lowest BCUT2D eigenvalue weighted by atomic mass is 10.3. The Morgan fingerprint density at radius 3 is 2.68 bits per heavy atom. The van der Waals surface area contributed by atoms with E-state index in [1.165, 1.54) is 18.2 Å². The van der Waals surface area contributed by atoms with Gasteiger partial charge in [0.25, 0.3) is 15.7 Å². The molecule has 2 N–H and O–H groups in total. The first-order valence-electron chi connectivity index (χ1n) is 7.24. The van der Waals surface area contributed by atoms with E-state index in [1.807, 2.05) is 6.07 Å². The number of hydrogen-bond donors (Lipinski definition) is 1. The molecular weight excluding hydrogens is 348 g/mol. The van der Waals surface area contributed by atoms with E-state index in [9.17, 15) is 18.5 Å². The minimum absolute atomic E-state index is 0.0855. The van der Waals surface area contributed by atoms with Crippen molar-refractivity contribution in [3.05, 3.63) is 64.5 Å². The third-order valence-electron chi connectivity index (χ3n) is 3.52. The van der Waals surface area contributed by atoms with E-state index < -0.39 is 14.9 Å². The molecule has 1 heterocycles. The van der Waals surface area contributed by atoms with Gasteiger partial charge in [-0.25, -0.2) is 13.4 Å². The first kappa shape index (κ1) is 17.0. The van der Waals surface area contributed by atoms with Gasteiger partial charge in [-0.2, -0.15) is 0 Å². The fourth-order valence-electron chi connectivity index (χ4n) is 2.25. The highest BCUT2D eigenvalue weighted by molar-refractivity contribution is 7.89. The predicted octanol–water partition coefficient (Wildman–Crippen LogP) is 1.84. The Kier molecular flexibility index (Phi) is 4.49. The molecule has 0 aliphatic rings. The van der Waals surface area contributed by atoms with Crippen LogP contribution < -0.4 is 5.84 Å². The molecule has 10 heteroatoms. The number of hydrazine groups is 1. The molecule has 0 unspecified atom stereocenters. The van der Waals surface area contributed by atoms with E-state index in [0.717, 1.165) is 6.07 Å². The Hall–Kier alpha value is -2.82. The number of fused-ring (bicyclic) bond motifs is 1. The highest BCUT2D eigenvalue weighted by Crippen LogP contribution is 2.20. The number of sulfonamides is 1. The van der Waals surface area contributed by atoms with Crippen molar-refractivity contribution in [3.8, 4) is 0 Å². The second-order valence-electron chi connectivity index (χ2n) is 5.20. The normalized spacial score (nSPS) is 11.9. The van der Waals surface area contributed by atoms with Gasteiger partial charge >= 0.3 is 0 Å². The monoisotopic (exact) mass is 362 g/mol. The summed E-state index contributed by atoms with van der Waals surface area (Å²) < 4.78 is 31.0. The van der Waals surface area contributed by atoms with E-state index in [-0.39, 0.29) is 23.5 Å². The second-order valence-corrected chi connectivity index (χ2v) is 7.09. The lowest BCUT2D eigenvalue weighted by molar-refractivity contribution is -0.385. The van der Waals surface area contributed by atoms with Gasteiger partial charge in [0, 0.05) is 25.1 Å². The van der Waals surface area contributed by atoms with Crippen LogP contribution in [0.25, 0.3) is 11.1 Å². The van der Waals surface area contributed by atoms with Crippen molar-refractivity contribution < 1.29 is 17.8 Å². The van der Waals surface area contributed by atoms with Crippen molar-refractivity contribution in [1.29, 1.82) is 0 Å². The van der Waals surface area contributed by atoms with Gasteiger partial charge in [-0.1, -0.05) is 18.2 Å². The molecule has 0 aliphatic carbocycles. The van der Waals surface area contributed by atoms with Crippen molar-refractivity contribution in [1.82, 2.24) is 9.40 Å². The summed E-state index contributed by atoms with van der Waals surface area (Å²) in [6, 6.07) is 11.9. The molecule has 0 saturated heterocycles. The Morgan fingerprint density at radius 2 is 1.96 bits per heavy atom. The molecular formula is C15H14N4O5S. The number of benzene rings is 2. The van der Waals surface area contributed by atoms with E-state index in [2.05, 4.69) is 4.98 Å². The Morgan fingerprint density at radius 1 is 1.20 bits per heavy atom. The second kappa shape index (κ2) is 6.59. The average molecular weight is 362 g/mol. The van der Waals surface area contributed by atoms with Gasteiger partial charge in [0.1, 0.15) is 5.52 Å². The molecule has 0 radical (unpaired) electrons. The van der Waals surface area contributed by atoms with E-state index in [0.29, 0.717) is 21.4 Å². The van der Waals surface area contributed by atoms with Gasteiger partial charge in [-0.05, 0) is 18.2 Å². The number of non-ortho nitro benzene ring substituents is 1. The van der Waals surface area contributed by atoms with Gasteiger partial charge in [-0.15, -0.1) is 4.41 Å². The summed E-state index contributed by atoms with van der Waals surface area (Å²) in [5, 5.41) is 10.8. The molecule has 3 rings (SSSR count). The molecule has 25 heavy (non-hydrogen) atoms. The lowest BCUT2D eigenvalue weighted by Crippen LogP contribution is -2.38. The minimum Gasteiger partial charge on any atom is -0.441 e. The first-order valence-corrected chi connectivity index (χ1v) is 8.68. The van der Waals surface area contributed by atoms with Crippen molar-refractivity contribution in [2.45, 2.75) is 11.3 Å². The molecule has 2 aromatic carbocycles. The van der Waals surface area contributed by atoms with Gasteiger partial charge in [-0.3, -0.25) is 16.0 Å². The van der Waals surface area contributed by atoms with Crippen LogP contribution in [0.15, 0.2) is 57.8 Å². The molecule has 0 spiro atoms. The van der Waals surface area contributed by atoms with E-state index in [4.69, 9.17) is 10.3 Å². The zero-order valence-electron chi connectivity index (χ0n) is 12.9. The number of oxazole rings is 1. The summed E-state index contributed by atoms with van der Waals surface area (Å²) in [6.45, 7) is -0.0855. The fraction of sp³-hybridized carbons (Fsp3) is 0.133. The number of hydrogen-bond acceptors (Lipinski definition) is 7. The number of nitrogens with zero attached hydrogens (tertiary/aromatic N) is 3. The van der Waals surface area contributed by atoms with Crippen molar-refractivity contribution in [2.24, 2.45) is 5.84 Å². The molecule has 0 fully saturated rings. The smallest absolute Gasteiger partial charge is 0.270 e. The van der Waals surface area contributed by atoms with Gasteiger partial charge in [0.2, 0.25) is 0 Å². The molecule has 0 amide bonds. The topological polar surface area (TPSA) is 133 Å². The number of aromatic nitrogens is 1. The van der Waals surface area contributed by atoms with Crippen LogP contribution in [0.3, 0.4) is 0 Å². The quantitative estimate of drug-likeness (QED) is 0.402. The van der Waals surface area contributed by atoms with Crippen LogP contribution in [0, 0.1) is 10.1 Å². The van der Waals surface area contributed by atoms with Crippen LogP contribution in [0.4, 0.5) is 5.69 Å². The number of para-hydroxylation sites is 2. The maximum Gasteiger partial charge on any atom is 0.270 e. The molecule has 0 saturated carbocycles. The largest absolute Gasteiger partial charge is 0.441 e. The highest BCUT2D eigenvalue weighted by Gasteiger charge is 2.24. The molecule has 0 atom stereocenters. The van der Waals surface area contributed by atoms with Gasteiger partial charge in [0.15, 0.2) is 11.5 Å². The maximum absolute atomic E-state index is 12.4. The third-order valence-corrected chi connectivity index (χ3v) is 5.17. The molecule has 1 aromatic heterocycles. The molecule has 3 aromatic rings. The molecule has 0 bridgehead atoms. The van der Waals surface area contributed by atoms with Crippen molar-refractivity contribution in [2.75, 3.05) is 6.54 Å². The Labute approximate surface area is 142 Å². The summed E-state index contributed by atoms with van der Waals surface area (Å²) in [6.07, 6.45) is 0.166. The summed E-state index contributed by atoms with van der Waals surface area (Å²) >= 11 is 0. The highest BCUT2D eigenvalue weighted by atomic mass is 32.2. The number of nitro benzene ring substituents is 1. The summed E-state index contributed by atoms with van der Waals surface area (Å²) in [7, 11) is -4.06. The van der Waals surface area contributed by atoms with Crippen molar-refractivity contribution >= 4 is 26.8 Å². The minimum atomic E-state index is -4.06. The van der Waals surface area contributed by atoms with E-state index >= 15 is 0 Å². The van der Waals surface area contributed by atoms with Gasteiger partial charge < -0.3 is 4.42 Å². The van der Waals surface area contributed by atoms with Crippen LogP contribution in [-0.2, 0) is 16.4 Å². The predicted molar refractivity (Wildman–Crippen MR) is 88.9 cm³/mol. The van der Waals surface area contributed by atoms with E-state index in [1.54, 1.807) is 18.2 Å². The number of rotatable bonds is 6. The van der Waals surface area contributed by atoms with Crippen LogP contribution in [0.2, 0.25) is 0 Å². The zero-order valence-corrected chi connectivity index (χ0v) is 13.7. The summed E-state index contributed by atoms with van der Waals surface area (Å²) in [5.41, 5.74) is 0.943. The lowest BCUT2D eigenvalue weighted by Gasteiger charge is -2.15. The number of nitrogens with two attached hydrogens (primary N) is 1. The van der Waals surface area contributed by atoms with Crippen molar-refractivity contribution in [3.63, 3.8) is 0 Å². The molecule has 9 nitrogen and oxygen atoms in total. The average Bonchev–Trinajstić information content (AvgIpc) is 3.02. The third kappa shape index (κ3) is 3.50. The Balaban J connectivity index is 1.76. The SMILES string of the molecule is NN(CCc1nc2ccccc2o1)S(=O)(=O)c1cccc([N+](=O)[O-])c1. The standard InChI is InChI=1S/C15H14N4O5S/c16-18(9-8-15-17-13-6-1-2-7-14(13)24-15)25(22,23)12-5-3-4-11(10-12)19(20)21/h1-7,10H,8-9,16H2. The van der Waals surface area contributed by atoms with Crippen LogP contribution in [0.5, 0.6) is 0 Å². The molecule has 0 aliphatic heterocycles. The maximum atomic E-state index is 12.4. The van der Waals surface area contributed by atoms with Crippen LogP contribution in [-0.4, -0.2) is 29.3 Å². The Bertz CT molecular complexity index is 998. The van der Waals surface area contributed by atoms with Crippen LogP contribution in [0.1, 0.15) is 5.89 Å². The fourth-order valence-corrected chi connectivity index (χ4v) is 3.37. The van der Waals surface area contributed by atoms with Crippen LogP contribution >= 0.6 is 0 Å².